The van der Waals surface area contributed by atoms with Crippen molar-refractivity contribution in [1.29, 1.82) is 0 Å². The predicted octanol–water partition coefficient (Wildman–Crippen LogP) is 4.93. The standard InChI is InChI=1S/C23H16O/c24-23-21-13-17-7-3-1-5-15(9-17)11-19(21)20-12-16-6-2-4-8-18(10-16)14-22(20)23/h1-8,11-14H,9-10H2. The minimum atomic E-state index is 0.154. The molecular formula is C23H16O. The summed E-state index contributed by atoms with van der Waals surface area (Å²) in [6.45, 7) is 0. The van der Waals surface area contributed by atoms with E-state index in [-0.39, 0.29) is 5.78 Å². The van der Waals surface area contributed by atoms with Crippen LogP contribution in [0.5, 0.6) is 0 Å². The number of hydrogen-bond donors (Lipinski definition) is 0. The maximum Gasteiger partial charge on any atom is 0.194 e. The van der Waals surface area contributed by atoms with Gasteiger partial charge in [-0.2, -0.15) is 0 Å². The van der Waals surface area contributed by atoms with Crippen molar-refractivity contribution in [2.75, 3.05) is 0 Å². The highest BCUT2D eigenvalue weighted by atomic mass is 16.1. The van der Waals surface area contributed by atoms with Crippen molar-refractivity contribution < 1.29 is 4.79 Å². The van der Waals surface area contributed by atoms with Gasteiger partial charge in [-0.25, -0.2) is 0 Å². The van der Waals surface area contributed by atoms with Gasteiger partial charge in [0.1, 0.15) is 0 Å². The van der Waals surface area contributed by atoms with Crippen LogP contribution < -0.4 is 0 Å². The zero-order valence-electron chi connectivity index (χ0n) is 13.3. The number of carbonyl (C=O) groups is 1. The molecule has 114 valence electrons. The van der Waals surface area contributed by atoms with Crippen LogP contribution in [0.25, 0.3) is 0 Å². The third-order valence-corrected chi connectivity index (χ3v) is 4.96. The fraction of sp³-hybridized carbons (Fsp3) is 0.0870. The Hall–Kier alpha value is -2.93. The molecule has 0 radical (unpaired) electrons. The van der Waals surface area contributed by atoms with Crippen molar-refractivity contribution in [3.63, 3.8) is 0 Å². The van der Waals surface area contributed by atoms with E-state index in [2.05, 4.69) is 60.8 Å². The SMILES string of the molecule is O=C1C2=CC3=CC=CC=C(C=C2C2=CC4=CC=CC=C(C=C12)C4)C3. The van der Waals surface area contributed by atoms with Crippen molar-refractivity contribution in [3.8, 4) is 0 Å². The molecular weight excluding hydrogens is 292 g/mol. The third-order valence-electron chi connectivity index (χ3n) is 4.96. The van der Waals surface area contributed by atoms with Crippen LogP contribution in [0.4, 0.5) is 0 Å². The van der Waals surface area contributed by atoms with Gasteiger partial charge in [-0.3, -0.25) is 4.79 Å². The van der Waals surface area contributed by atoms with Crippen molar-refractivity contribution >= 4 is 5.78 Å². The van der Waals surface area contributed by atoms with Crippen LogP contribution in [0.1, 0.15) is 12.8 Å². The Morgan fingerprint density at radius 1 is 0.500 bits per heavy atom. The van der Waals surface area contributed by atoms with Gasteiger partial charge in [-0.15, -0.1) is 0 Å². The lowest BCUT2D eigenvalue weighted by Gasteiger charge is -2.03. The molecule has 5 rings (SSSR count). The van der Waals surface area contributed by atoms with E-state index >= 15 is 0 Å². The number of carbonyl (C=O) groups excluding carboxylic acids is 1. The molecule has 0 amide bonds. The van der Waals surface area contributed by atoms with Crippen molar-refractivity contribution in [1.82, 2.24) is 0 Å². The summed E-state index contributed by atoms with van der Waals surface area (Å²) in [7, 11) is 0. The fourth-order valence-corrected chi connectivity index (χ4v) is 3.84. The molecule has 0 aromatic heterocycles. The fourth-order valence-electron chi connectivity index (χ4n) is 3.84. The van der Waals surface area contributed by atoms with E-state index in [1.807, 2.05) is 12.2 Å². The second kappa shape index (κ2) is 5.04. The maximum absolute atomic E-state index is 13.1. The molecule has 5 aliphatic rings. The second-order valence-electron chi connectivity index (χ2n) is 6.65. The lowest BCUT2D eigenvalue weighted by atomic mass is 10.0. The van der Waals surface area contributed by atoms with Crippen LogP contribution in [-0.4, -0.2) is 5.78 Å². The Balaban J connectivity index is 1.78. The number of hydrogen-bond acceptors (Lipinski definition) is 1. The zero-order valence-corrected chi connectivity index (χ0v) is 13.3. The van der Waals surface area contributed by atoms with Crippen LogP contribution in [0.15, 0.2) is 117 Å². The number of rotatable bonds is 0. The molecule has 0 aromatic carbocycles. The van der Waals surface area contributed by atoms with Gasteiger partial charge in [0.2, 0.25) is 0 Å². The third kappa shape index (κ3) is 2.05. The molecule has 0 aromatic rings. The molecule has 4 bridgehead atoms. The summed E-state index contributed by atoms with van der Waals surface area (Å²) in [4.78, 5) is 13.1. The first-order valence-corrected chi connectivity index (χ1v) is 8.33. The molecule has 1 nitrogen and oxygen atoms in total. The summed E-state index contributed by atoms with van der Waals surface area (Å²) in [5.41, 5.74) is 8.73. The van der Waals surface area contributed by atoms with Crippen molar-refractivity contribution in [2.45, 2.75) is 12.8 Å². The van der Waals surface area contributed by atoms with Gasteiger partial charge in [0.25, 0.3) is 0 Å². The molecule has 1 fully saturated rings. The summed E-state index contributed by atoms with van der Waals surface area (Å²) in [6.07, 6.45) is 27.0. The Morgan fingerprint density at radius 2 is 0.833 bits per heavy atom. The second-order valence-corrected chi connectivity index (χ2v) is 6.65. The smallest absolute Gasteiger partial charge is 0.194 e. The van der Waals surface area contributed by atoms with Crippen LogP contribution in [0.2, 0.25) is 0 Å². The molecule has 0 N–H and O–H groups in total. The van der Waals surface area contributed by atoms with E-state index in [0.29, 0.717) is 0 Å². The quantitative estimate of drug-likeness (QED) is 0.620. The normalized spacial score (nSPS) is 23.6. The zero-order chi connectivity index (χ0) is 16.1. The van der Waals surface area contributed by atoms with Gasteiger partial charge < -0.3 is 0 Å². The van der Waals surface area contributed by atoms with Crippen LogP contribution in [0, 0.1) is 0 Å². The number of ketones is 1. The molecule has 5 aliphatic carbocycles. The first kappa shape index (κ1) is 13.5. The van der Waals surface area contributed by atoms with Gasteiger partial charge in [0.15, 0.2) is 5.78 Å². The number of allylic oxidation sites excluding steroid dienone is 20. The van der Waals surface area contributed by atoms with Crippen molar-refractivity contribution in [3.05, 3.63) is 117 Å². The Bertz CT molecular complexity index is 909. The highest BCUT2D eigenvalue weighted by Gasteiger charge is 2.35. The molecule has 1 heteroatoms. The molecule has 0 saturated heterocycles. The van der Waals surface area contributed by atoms with E-state index in [1.54, 1.807) is 0 Å². The largest absolute Gasteiger partial charge is 0.289 e. The van der Waals surface area contributed by atoms with E-state index in [0.717, 1.165) is 35.1 Å². The highest BCUT2D eigenvalue weighted by molar-refractivity contribution is 6.21. The minimum absolute atomic E-state index is 0.154. The van der Waals surface area contributed by atoms with E-state index in [4.69, 9.17) is 0 Å². The molecule has 0 spiro atoms. The van der Waals surface area contributed by atoms with Gasteiger partial charge in [-0.1, -0.05) is 60.8 Å². The average Bonchev–Trinajstić information content (AvgIpc) is 2.97. The Morgan fingerprint density at radius 3 is 1.21 bits per heavy atom. The summed E-state index contributed by atoms with van der Waals surface area (Å²) < 4.78 is 0. The topological polar surface area (TPSA) is 17.1 Å². The van der Waals surface area contributed by atoms with Crippen LogP contribution in [0.3, 0.4) is 0 Å². The number of Topliss-reactive ketones (excluding diaryl/α,β-unsaturated/α-hetero) is 1. The van der Waals surface area contributed by atoms with Gasteiger partial charge >= 0.3 is 0 Å². The minimum Gasteiger partial charge on any atom is -0.289 e. The van der Waals surface area contributed by atoms with E-state index < -0.39 is 0 Å². The molecule has 0 unspecified atom stereocenters. The van der Waals surface area contributed by atoms with Crippen LogP contribution >= 0.6 is 0 Å². The van der Waals surface area contributed by atoms with Crippen LogP contribution in [-0.2, 0) is 4.79 Å². The molecule has 1 saturated carbocycles. The van der Waals surface area contributed by atoms with E-state index in [1.165, 1.54) is 22.3 Å². The lowest BCUT2D eigenvalue weighted by Crippen LogP contribution is -1.97. The summed E-state index contributed by atoms with van der Waals surface area (Å²) in [5.74, 6) is 0.154. The summed E-state index contributed by atoms with van der Waals surface area (Å²) in [6, 6.07) is 0. The molecule has 0 heterocycles. The summed E-state index contributed by atoms with van der Waals surface area (Å²) >= 11 is 0. The molecule has 24 heavy (non-hydrogen) atoms. The van der Waals surface area contributed by atoms with Gasteiger partial charge in [0, 0.05) is 11.1 Å². The number of fused-ring (bicyclic) bond motifs is 7. The first-order valence-electron chi connectivity index (χ1n) is 8.33. The average molecular weight is 308 g/mol. The summed E-state index contributed by atoms with van der Waals surface area (Å²) in [5, 5.41) is 0. The van der Waals surface area contributed by atoms with Crippen molar-refractivity contribution in [2.24, 2.45) is 0 Å². The Kier molecular flexibility index (Phi) is 2.83. The maximum atomic E-state index is 13.1. The van der Waals surface area contributed by atoms with Gasteiger partial charge in [-0.05, 0) is 58.4 Å². The highest BCUT2D eigenvalue weighted by Crippen LogP contribution is 2.44. The molecule has 0 aliphatic heterocycles. The Labute approximate surface area is 141 Å². The van der Waals surface area contributed by atoms with Gasteiger partial charge in [0.05, 0.1) is 0 Å². The monoisotopic (exact) mass is 308 g/mol. The van der Waals surface area contributed by atoms with E-state index in [9.17, 15) is 4.79 Å². The molecule has 0 atom stereocenters. The first-order chi connectivity index (χ1) is 11.8. The lowest BCUT2D eigenvalue weighted by molar-refractivity contribution is -0.111. The predicted molar refractivity (Wildman–Crippen MR) is 97.2 cm³/mol.